The Bertz CT molecular complexity index is 970. The van der Waals surface area contributed by atoms with Crippen molar-refractivity contribution in [1.29, 1.82) is 0 Å². The van der Waals surface area contributed by atoms with Gasteiger partial charge < -0.3 is 16.4 Å². The van der Waals surface area contributed by atoms with Gasteiger partial charge in [0.1, 0.15) is 5.54 Å². The van der Waals surface area contributed by atoms with E-state index in [1.165, 1.54) is 5.56 Å². The lowest BCUT2D eigenvalue weighted by Crippen LogP contribution is -2.40. The van der Waals surface area contributed by atoms with Gasteiger partial charge in [-0.2, -0.15) is 0 Å². The van der Waals surface area contributed by atoms with Gasteiger partial charge in [-0.25, -0.2) is 4.79 Å². The van der Waals surface area contributed by atoms with Crippen LogP contribution in [0.4, 0.5) is 10.5 Å². The third kappa shape index (κ3) is 3.09. The number of aryl methyl sites for hydroxylation is 1. The summed E-state index contributed by atoms with van der Waals surface area (Å²) in [6.07, 6.45) is 2.84. The number of anilines is 1. The van der Waals surface area contributed by atoms with Crippen molar-refractivity contribution >= 4 is 23.5 Å². The quantitative estimate of drug-likeness (QED) is 0.484. The largest absolute Gasteiger partial charge is 0.399 e. The summed E-state index contributed by atoms with van der Waals surface area (Å²) >= 11 is 0. The van der Waals surface area contributed by atoms with Crippen molar-refractivity contribution in [3.05, 3.63) is 64.7 Å². The molecule has 2 aliphatic rings. The zero-order valence-electron chi connectivity index (χ0n) is 15.5. The van der Waals surface area contributed by atoms with Crippen molar-refractivity contribution in [3.8, 4) is 0 Å². The van der Waals surface area contributed by atoms with E-state index in [1.54, 1.807) is 31.2 Å². The van der Waals surface area contributed by atoms with E-state index in [0.29, 0.717) is 11.1 Å². The highest BCUT2D eigenvalue weighted by Gasteiger charge is 2.43. The number of fused-ring (bicyclic) bond motifs is 1. The van der Waals surface area contributed by atoms with E-state index in [1.807, 2.05) is 18.2 Å². The second-order valence-corrected chi connectivity index (χ2v) is 7.49. The first-order valence-electron chi connectivity index (χ1n) is 9.30. The lowest BCUT2D eigenvalue weighted by molar-refractivity contribution is -0.123. The van der Waals surface area contributed by atoms with Crippen LogP contribution in [0.1, 0.15) is 52.9 Å². The van der Waals surface area contributed by atoms with Crippen LogP contribution >= 0.6 is 0 Å². The number of nitrogens with two attached hydrogens (primary N) is 1. The monoisotopic (exact) mass is 378 g/mol. The van der Waals surface area contributed by atoms with Gasteiger partial charge in [-0.15, -0.1) is 0 Å². The van der Waals surface area contributed by atoms with E-state index in [-0.39, 0.29) is 11.9 Å². The van der Waals surface area contributed by atoms with E-state index in [4.69, 9.17) is 5.73 Å². The maximum atomic E-state index is 12.7. The highest BCUT2D eigenvalue weighted by Crippen LogP contribution is 2.31. The average molecular weight is 378 g/mol. The Labute approximate surface area is 162 Å². The normalized spacial score (nSPS) is 23.5. The number of hydrogen-bond acceptors (Lipinski definition) is 4. The third-order valence-electron chi connectivity index (χ3n) is 5.56. The number of nitrogen functional groups attached to an aromatic ring is 1. The molecule has 1 heterocycles. The van der Waals surface area contributed by atoms with Gasteiger partial charge in [-0.1, -0.05) is 18.2 Å². The first kappa shape index (κ1) is 18.0. The van der Waals surface area contributed by atoms with Gasteiger partial charge in [0.15, 0.2) is 0 Å². The van der Waals surface area contributed by atoms with E-state index < -0.39 is 17.5 Å². The molecule has 1 fully saturated rings. The molecular weight excluding hydrogens is 356 g/mol. The Morgan fingerprint density at radius 2 is 1.93 bits per heavy atom. The van der Waals surface area contributed by atoms with Crippen LogP contribution in [0.25, 0.3) is 0 Å². The summed E-state index contributed by atoms with van der Waals surface area (Å²) in [5.41, 5.74) is 8.89. The molecule has 2 unspecified atom stereocenters. The first-order valence-corrected chi connectivity index (χ1v) is 9.30. The van der Waals surface area contributed by atoms with E-state index >= 15 is 0 Å². The molecule has 7 nitrogen and oxygen atoms in total. The summed E-state index contributed by atoms with van der Waals surface area (Å²) in [6.45, 7) is 1.63. The van der Waals surface area contributed by atoms with Crippen molar-refractivity contribution in [2.45, 2.75) is 37.8 Å². The molecule has 0 radical (unpaired) electrons. The minimum Gasteiger partial charge on any atom is -0.399 e. The SMILES string of the molecule is CC1(c2ccc(C(=O)NC3CCCc4cc(N)ccc43)cc2)NC(=O)NC1=O. The molecule has 7 heteroatoms. The van der Waals surface area contributed by atoms with Crippen LogP contribution in [-0.2, 0) is 16.8 Å². The van der Waals surface area contributed by atoms with Gasteiger partial charge in [-0.05, 0) is 67.1 Å². The lowest BCUT2D eigenvalue weighted by atomic mass is 9.87. The predicted molar refractivity (Wildman–Crippen MR) is 104 cm³/mol. The molecular formula is C21H22N4O3. The van der Waals surface area contributed by atoms with Crippen LogP contribution in [0.15, 0.2) is 42.5 Å². The smallest absolute Gasteiger partial charge is 0.322 e. The summed E-state index contributed by atoms with van der Waals surface area (Å²) in [5.74, 6) is -0.584. The van der Waals surface area contributed by atoms with Crippen LogP contribution in [0, 0.1) is 0 Å². The Kier molecular flexibility index (Phi) is 4.30. The third-order valence-corrected chi connectivity index (χ3v) is 5.56. The fourth-order valence-electron chi connectivity index (χ4n) is 3.93. The Morgan fingerprint density at radius 1 is 1.18 bits per heavy atom. The number of urea groups is 1. The van der Waals surface area contributed by atoms with Crippen molar-refractivity contribution in [3.63, 3.8) is 0 Å². The summed E-state index contributed by atoms with van der Waals surface area (Å²) in [5, 5.41) is 7.95. The fourth-order valence-corrected chi connectivity index (χ4v) is 3.93. The van der Waals surface area contributed by atoms with Crippen LogP contribution in [-0.4, -0.2) is 17.8 Å². The van der Waals surface area contributed by atoms with Crippen molar-refractivity contribution < 1.29 is 14.4 Å². The van der Waals surface area contributed by atoms with Crippen LogP contribution < -0.4 is 21.7 Å². The molecule has 0 bridgehead atoms. The van der Waals surface area contributed by atoms with Gasteiger partial charge in [0, 0.05) is 11.3 Å². The molecule has 2 aromatic rings. The van der Waals surface area contributed by atoms with Crippen molar-refractivity contribution in [2.75, 3.05) is 5.73 Å². The highest BCUT2D eigenvalue weighted by molar-refractivity contribution is 6.07. The topological polar surface area (TPSA) is 113 Å². The predicted octanol–water partition coefficient (Wildman–Crippen LogP) is 2.13. The Hall–Kier alpha value is -3.35. The van der Waals surface area contributed by atoms with Crippen molar-refractivity contribution in [1.82, 2.24) is 16.0 Å². The number of amides is 4. The number of carbonyl (C=O) groups is 3. The lowest BCUT2D eigenvalue weighted by Gasteiger charge is -2.27. The van der Waals surface area contributed by atoms with Crippen LogP contribution in [0.2, 0.25) is 0 Å². The number of imide groups is 1. The second-order valence-electron chi connectivity index (χ2n) is 7.49. The summed E-state index contributed by atoms with van der Waals surface area (Å²) in [6, 6.07) is 12.0. The fraction of sp³-hybridized carbons (Fsp3) is 0.286. The average Bonchev–Trinajstić information content (AvgIpc) is 2.94. The summed E-state index contributed by atoms with van der Waals surface area (Å²) < 4.78 is 0. The molecule has 2 aromatic carbocycles. The molecule has 1 saturated heterocycles. The van der Waals surface area contributed by atoms with Gasteiger partial charge in [0.25, 0.3) is 11.8 Å². The standard InChI is InChI=1S/C21H22N4O3/c1-21(19(27)24-20(28)25-21)14-7-5-12(6-8-14)18(26)23-17-4-2-3-13-11-15(22)9-10-16(13)17/h5-11,17H,2-4,22H2,1H3,(H,23,26)(H2,24,25,27,28). The molecule has 144 valence electrons. The van der Waals surface area contributed by atoms with Crippen molar-refractivity contribution in [2.24, 2.45) is 0 Å². The maximum absolute atomic E-state index is 12.7. The maximum Gasteiger partial charge on any atom is 0.322 e. The molecule has 4 rings (SSSR count). The number of rotatable bonds is 3. The zero-order valence-corrected chi connectivity index (χ0v) is 15.5. The van der Waals surface area contributed by atoms with E-state index in [0.717, 1.165) is 30.5 Å². The van der Waals surface area contributed by atoms with Gasteiger partial charge in [0.05, 0.1) is 6.04 Å². The van der Waals surface area contributed by atoms with E-state index in [2.05, 4.69) is 16.0 Å². The zero-order chi connectivity index (χ0) is 19.9. The van der Waals surface area contributed by atoms with Gasteiger partial charge >= 0.3 is 6.03 Å². The molecule has 0 aromatic heterocycles. The minimum absolute atomic E-state index is 0.0473. The molecule has 5 N–H and O–H groups in total. The first-order chi connectivity index (χ1) is 13.4. The number of hydrogen-bond donors (Lipinski definition) is 4. The molecule has 0 spiro atoms. The highest BCUT2D eigenvalue weighted by atomic mass is 16.2. The Balaban J connectivity index is 1.51. The molecule has 4 amide bonds. The second kappa shape index (κ2) is 6.67. The Morgan fingerprint density at radius 3 is 2.61 bits per heavy atom. The number of benzene rings is 2. The molecule has 28 heavy (non-hydrogen) atoms. The van der Waals surface area contributed by atoms with Crippen LogP contribution in [0.5, 0.6) is 0 Å². The summed E-state index contributed by atoms with van der Waals surface area (Å²) in [4.78, 5) is 36.2. The number of carbonyl (C=O) groups excluding carboxylic acids is 3. The minimum atomic E-state index is -1.13. The van der Waals surface area contributed by atoms with Gasteiger partial charge in [0.2, 0.25) is 0 Å². The number of nitrogens with one attached hydrogen (secondary N) is 3. The van der Waals surface area contributed by atoms with Crippen LogP contribution in [0.3, 0.4) is 0 Å². The molecule has 0 saturated carbocycles. The summed E-state index contributed by atoms with van der Waals surface area (Å²) in [7, 11) is 0. The molecule has 1 aliphatic carbocycles. The van der Waals surface area contributed by atoms with Gasteiger partial charge in [-0.3, -0.25) is 14.9 Å². The molecule has 2 atom stereocenters. The molecule has 1 aliphatic heterocycles. The van der Waals surface area contributed by atoms with E-state index in [9.17, 15) is 14.4 Å².